The second-order valence-corrected chi connectivity index (χ2v) is 11.8. The van der Waals surface area contributed by atoms with E-state index in [4.69, 9.17) is 25.0 Å². The van der Waals surface area contributed by atoms with Crippen molar-refractivity contribution in [2.24, 2.45) is 17.8 Å². The van der Waals surface area contributed by atoms with Crippen molar-refractivity contribution >= 4 is 76.9 Å². The average Bonchev–Trinajstić information content (AvgIpc) is 3.76. The average molecular weight is 631 g/mol. The number of rotatable bonds is 6. The molecule has 1 unspecified atom stereocenters. The summed E-state index contributed by atoms with van der Waals surface area (Å²) in [6.07, 6.45) is 9.05. The van der Waals surface area contributed by atoms with E-state index in [-0.39, 0.29) is 47.7 Å². The first-order valence-corrected chi connectivity index (χ1v) is 15.0. The van der Waals surface area contributed by atoms with Crippen LogP contribution in [0.3, 0.4) is 0 Å². The van der Waals surface area contributed by atoms with Crippen molar-refractivity contribution in [3.8, 4) is 0 Å². The molecular weight excluding hydrogens is 597 g/mol. The quantitative estimate of drug-likeness (QED) is 0.233. The number of Topliss-reactive ketones (excluding diaryl/α,β-unsaturated/α-hetero) is 1. The Morgan fingerprint density at radius 1 is 1.04 bits per heavy atom. The minimum atomic E-state index is -1.23. The van der Waals surface area contributed by atoms with Crippen LogP contribution in [-0.2, 0) is 20.7 Å². The SMILES string of the molecule is C=Cc1c2[n-]c(c1C)/C=C1\[N-]C(C3=c4[n-]/c(c(C)c4C(=O)[C@@H]3C(=O)OC)=C\c3[n-]c(/c(=C\O)c3CC)=C\2)[C@@H](CCC(=O)O)[C@@H]1C.[Mg+2]. The van der Waals surface area contributed by atoms with Crippen molar-refractivity contribution < 1.29 is 29.3 Å². The molecule has 1 aliphatic carbocycles. The molecule has 1 saturated heterocycles. The fourth-order valence-corrected chi connectivity index (χ4v) is 7.14. The van der Waals surface area contributed by atoms with Crippen LogP contribution in [-0.4, -0.2) is 64.1 Å². The Bertz CT molecular complexity index is 2080. The van der Waals surface area contributed by atoms with Gasteiger partial charge >= 0.3 is 35.0 Å². The second-order valence-electron chi connectivity index (χ2n) is 11.8. The van der Waals surface area contributed by atoms with Crippen LogP contribution in [0.25, 0.3) is 41.5 Å². The molecule has 0 spiro atoms. The summed E-state index contributed by atoms with van der Waals surface area (Å²) in [4.78, 5) is 53.6. The van der Waals surface area contributed by atoms with Crippen LogP contribution in [0, 0.1) is 31.6 Å². The number of aliphatic hydroxyl groups is 1. The Balaban J connectivity index is 0.00000417. The zero-order valence-electron chi connectivity index (χ0n) is 26.5. The van der Waals surface area contributed by atoms with Crippen molar-refractivity contribution in [1.82, 2.24) is 15.0 Å². The fourth-order valence-electron chi connectivity index (χ4n) is 7.14. The molecule has 3 aliphatic rings. The molecule has 3 aromatic heterocycles. The third-order valence-electron chi connectivity index (χ3n) is 9.55. The third kappa shape index (κ3) is 5.05. The smallest absolute Gasteiger partial charge is 0.681 e. The van der Waals surface area contributed by atoms with E-state index in [0.29, 0.717) is 67.2 Å². The number of methoxy groups -OCH3 is 1. The van der Waals surface area contributed by atoms with E-state index in [1.807, 2.05) is 32.9 Å². The fraction of sp³-hybridized carbons (Fsp3) is 0.343. The predicted octanol–water partition coefficient (Wildman–Crippen LogP) is 1.32. The number of aromatic nitrogens is 3. The molecule has 0 saturated carbocycles. The summed E-state index contributed by atoms with van der Waals surface area (Å²) in [5.74, 6) is -3.81. The van der Waals surface area contributed by atoms with Gasteiger partial charge in [0.15, 0.2) is 5.78 Å². The van der Waals surface area contributed by atoms with Crippen molar-refractivity contribution in [2.75, 3.05) is 7.11 Å². The van der Waals surface area contributed by atoms with Gasteiger partial charge in [-0.3, -0.25) is 14.4 Å². The van der Waals surface area contributed by atoms with Gasteiger partial charge in [-0.05, 0) is 49.3 Å². The molecule has 1 fully saturated rings. The molecule has 0 radical (unpaired) electrons. The normalized spacial score (nSPS) is 24.2. The molecular formula is C35H34MgN4O6-2. The van der Waals surface area contributed by atoms with Gasteiger partial charge < -0.3 is 35.2 Å². The zero-order valence-corrected chi connectivity index (χ0v) is 28.0. The number of esters is 1. The van der Waals surface area contributed by atoms with Crippen LogP contribution < -0.4 is 36.2 Å². The van der Waals surface area contributed by atoms with E-state index >= 15 is 0 Å². The van der Waals surface area contributed by atoms with Crippen molar-refractivity contribution in [1.29, 1.82) is 0 Å². The van der Waals surface area contributed by atoms with Crippen LogP contribution in [0.5, 0.6) is 0 Å². The first-order valence-electron chi connectivity index (χ1n) is 15.0. The number of aliphatic hydroxyl groups excluding tert-OH is 1. The van der Waals surface area contributed by atoms with E-state index in [2.05, 4.69) is 6.58 Å². The number of nitrogens with zero attached hydrogens (tertiary/aromatic N) is 4. The van der Waals surface area contributed by atoms with Gasteiger partial charge in [0, 0.05) is 12.0 Å². The molecule has 3 aromatic rings. The maximum Gasteiger partial charge on any atom is 2.00 e. The number of carboxylic acid groups (broad SMARTS) is 1. The Labute approximate surface area is 281 Å². The molecule has 6 rings (SSSR count). The first-order chi connectivity index (χ1) is 21.5. The molecule has 4 atom stereocenters. The maximum atomic E-state index is 14.0. The third-order valence-corrected chi connectivity index (χ3v) is 9.55. The van der Waals surface area contributed by atoms with Crippen LogP contribution in [0.1, 0.15) is 76.4 Å². The molecule has 8 bridgehead atoms. The van der Waals surface area contributed by atoms with E-state index < -0.39 is 29.7 Å². The van der Waals surface area contributed by atoms with Gasteiger partial charge in [-0.15, -0.1) is 33.1 Å². The Kier molecular flexibility index (Phi) is 9.02. The van der Waals surface area contributed by atoms with Gasteiger partial charge in [0.1, 0.15) is 5.92 Å². The van der Waals surface area contributed by atoms with Crippen LogP contribution >= 0.6 is 0 Å². The number of fused-ring (bicyclic) bond motifs is 8. The van der Waals surface area contributed by atoms with E-state index in [0.717, 1.165) is 23.0 Å². The molecule has 11 heteroatoms. The Morgan fingerprint density at radius 3 is 2.39 bits per heavy atom. The molecule has 2 N–H and O–H groups in total. The summed E-state index contributed by atoms with van der Waals surface area (Å²) in [6.45, 7) is 11.7. The summed E-state index contributed by atoms with van der Waals surface area (Å²) in [7, 11) is 1.24. The predicted molar refractivity (Wildman–Crippen MR) is 175 cm³/mol. The molecule has 5 heterocycles. The van der Waals surface area contributed by atoms with Crippen molar-refractivity contribution in [3.05, 3.63) is 83.8 Å². The van der Waals surface area contributed by atoms with Gasteiger partial charge in [0.25, 0.3) is 0 Å². The second kappa shape index (κ2) is 12.5. The number of ether oxygens (including phenoxy) is 1. The summed E-state index contributed by atoms with van der Waals surface area (Å²) in [5.41, 5.74) is 6.45. The van der Waals surface area contributed by atoms with Gasteiger partial charge in [-0.1, -0.05) is 73.0 Å². The van der Waals surface area contributed by atoms with Crippen LogP contribution in [0.2, 0.25) is 0 Å². The molecule has 234 valence electrons. The largest absolute Gasteiger partial charge is 2.00 e. The number of carbonyl (C=O) groups is 3. The minimum absolute atomic E-state index is 0. The number of carboxylic acids is 1. The van der Waals surface area contributed by atoms with Crippen LogP contribution in [0.4, 0.5) is 0 Å². The Hall–Kier alpha value is -4.22. The number of carbonyl (C=O) groups excluding carboxylic acids is 2. The number of aliphatic carboxylic acids is 1. The van der Waals surface area contributed by atoms with Gasteiger partial charge in [-0.2, -0.15) is 5.70 Å². The standard InChI is InChI=1S/C35H34N4O6.Mg/c1-7-18-15(3)22-11-23-16(4)20(9-10-28(41)42)32(38-23)30-31(35(44)45-6)34(43)29-17(5)24(39-33(29)30)12-26-19(8-2)21(14-40)27(37-26)13-25(18)36-22;/h7,11-14,16,20,31-32H,1,8-10H2,2-6H3,(H,40,43)(H,41,42);/q-4;+2/b23-11-,27-13-;/t16-,20-,31+,32?;/m0./s1. The summed E-state index contributed by atoms with van der Waals surface area (Å²) in [6, 6.07) is -0.680. The Morgan fingerprint density at radius 2 is 1.76 bits per heavy atom. The van der Waals surface area contributed by atoms with Crippen LogP contribution in [0.15, 0.2) is 12.3 Å². The van der Waals surface area contributed by atoms with Gasteiger partial charge in [-0.25, -0.2) is 0 Å². The summed E-state index contributed by atoms with van der Waals surface area (Å²) >= 11 is 0. The van der Waals surface area contributed by atoms with E-state index in [1.54, 1.807) is 19.1 Å². The van der Waals surface area contributed by atoms with Gasteiger partial charge in [0.2, 0.25) is 0 Å². The summed E-state index contributed by atoms with van der Waals surface area (Å²) in [5, 5.41) is 27.0. The maximum absolute atomic E-state index is 14.0. The van der Waals surface area contributed by atoms with E-state index in [1.165, 1.54) is 7.11 Å². The zero-order chi connectivity index (χ0) is 32.3. The molecule has 10 nitrogen and oxygen atoms in total. The summed E-state index contributed by atoms with van der Waals surface area (Å²) < 4.78 is 5.11. The number of hydrogen-bond donors (Lipinski definition) is 2. The van der Waals surface area contributed by atoms with Crippen molar-refractivity contribution in [2.45, 2.75) is 53.0 Å². The molecule has 0 amide bonds. The van der Waals surface area contributed by atoms with Crippen molar-refractivity contribution in [3.63, 3.8) is 0 Å². The number of allylic oxidation sites excluding steroid dienone is 1. The number of hydrogen-bond acceptors (Lipinski definition) is 5. The molecule has 0 aromatic carbocycles. The number of ketones is 1. The minimum Gasteiger partial charge on any atom is -0.681 e. The topological polar surface area (TPSA) is 157 Å². The molecule has 2 aliphatic heterocycles. The monoisotopic (exact) mass is 630 g/mol. The van der Waals surface area contributed by atoms with Gasteiger partial charge in [0.05, 0.1) is 13.4 Å². The first kappa shape index (κ1) is 33.1. The molecule has 46 heavy (non-hydrogen) atoms. The van der Waals surface area contributed by atoms with E-state index in [9.17, 15) is 24.6 Å².